The van der Waals surface area contributed by atoms with Gasteiger partial charge >= 0.3 is 17.9 Å². The molecule has 0 heterocycles. The van der Waals surface area contributed by atoms with E-state index in [2.05, 4.69) is 87.6 Å². The molecule has 0 N–H and O–H groups in total. The molecule has 434 valence electrons. The summed E-state index contributed by atoms with van der Waals surface area (Å²) in [5.74, 6) is -0.974. The van der Waals surface area contributed by atoms with Crippen LogP contribution in [-0.2, 0) is 28.6 Å². The molecule has 1 unspecified atom stereocenters. The Bertz CT molecular complexity index is 1390. The number of hydrogen-bond acceptors (Lipinski definition) is 6. The normalized spacial score (nSPS) is 12.5. The van der Waals surface area contributed by atoms with E-state index in [1.807, 2.05) is 6.08 Å². The first-order valence-electron chi connectivity index (χ1n) is 32.4. The highest BCUT2D eigenvalue weighted by Crippen LogP contribution is 2.18. The van der Waals surface area contributed by atoms with Crippen LogP contribution in [0.25, 0.3) is 0 Å². The molecule has 0 fully saturated rings. The Morgan fingerprint density at radius 1 is 0.280 bits per heavy atom. The second-order valence-corrected chi connectivity index (χ2v) is 21.7. The summed E-state index contributed by atoms with van der Waals surface area (Å²) in [6, 6.07) is 0. The number of hydrogen-bond donors (Lipinski definition) is 0. The number of allylic oxidation sites excluding steroid dienone is 12. The lowest BCUT2D eigenvalue weighted by Gasteiger charge is -2.18. The van der Waals surface area contributed by atoms with Crippen molar-refractivity contribution in [1.82, 2.24) is 0 Å². The largest absolute Gasteiger partial charge is 0.462 e. The van der Waals surface area contributed by atoms with Gasteiger partial charge in [0, 0.05) is 19.3 Å². The summed E-state index contributed by atoms with van der Waals surface area (Å²) >= 11 is 0. The van der Waals surface area contributed by atoms with E-state index >= 15 is 0 Å². The Hall–Kier alpha value is -3.15. The quantitative estimate of drug-likeness (QED) is 0.0261. The van der Waals surface area contributed by atoms with Crippen LogP contribution in [0.1, 0.15) is 329 Å². The van der Waals surface area contributed by atoms with Gasteiger partial charge in [-0.3, -0.25) is 14.4 Å². The van der Waals surface area contributed by atoms with Crippen molar-refractivity contribution in [3.05, 3.63) is 72.9 Å². The Kier molecular flexibility index (Phi) is 60.7. The van der Waals surface area contributed by atoms with Gasteiger partial charge in [0.2, 0.25) is 0 Å². The van der Waals surface area contributed by atoms with Gasteiger partial charge < -0.3 is 14.2 Å². The molecule has 0 radical (unpaired) electrons. The van der Waals surface area contributed by atoms with Crippen molar-refractivity contribution in [3.63, 3.8) is 0 Å². The molecule has 0 aliphatic carbocycles. The number of unbranched alkanes of at least 4 members (excludes halogenated alkanes) is 36. The molecule has 0 aliphatic rings. The number of ether oxygens (including phenoxy) is 3. The standard InChI is InChI=1S/C69H122O6/c1-4-7-10-13-16-19-22-24-26-28-30-31-32-33-34-35-36-37-38-40-41-43-45-47-50-53-56-59-62-68(71)74-65-66(64-73-67(70)61-58-55-52-49-21-18-15-12-9-6-3)75-69(72)63-60-57-54-51-48-46-44-42-39-29-27-25-23-20-17-14-11-8-5-2/h8,11,17,20,25,27,39,42,46,48,54,57,66H,4-7,9-10,12-16,18-19,21-24,26,28-38,40-41,43-45,47,49-53,55-56,58-65H2,1-3H3/b11-8-,20-17-,27-25-,42-39-,48-46-,57-54-. The molecule has 0 saturated heterocycles. The van der Waals surface area contributed by atoms with Crippen LogP contribution in [0, 0.1) is 0 Å². The topological polar surface area (TPSA) is 78.9 Å². The van der Waals surface area contributed by atoms with E-state index in [9.17, 15) is 14.4 Å². The number of rotatable bonds is 59. The lowest BCUT2D eigenvalue weighted by atomic mass is 10.0. The van der Waals surface area contributed by atoms with E-state index in [1.54, 1.807) is 0 Å². The van der Waals surface area contributed by atoms with E-state index < -0.39 is 6.10 Å². The highest BCUT2D eigenvalue weighted by molar-refractivity contribution is 5.71. The van der Waals surface area contributed by atoms with Crippen molar-refractivity contribution in [3.8, 4) is 0 Å². The molecule has 0 bridgehead atoms. The maximum absolute atomic E-state index is 12.8. The van der Waals surface area contributed by atoms with Crippen LogP contribution in [0.3, 0.4) is 0 Å². The monoisotopic (exact) mass is 1050 g/mol. The average Bonchev–Trinajstić information content (AvgIpc) is 3.41. The first kappa shape index (κ1) is 71.8. The van der Waals surface area contributed by atoms with Gasteiger partial charge in [-0.1, -0.05) is 325 Å². The smallest absolute Gasteiger partial charge is 0.306 e. The van der Waals surface area contributed by atoms with Crippen LogP contribution in [0.5, 0.6) is 0 Å². The van der Waals surface area contributed by atoms with E-state index in [4.69, 9.17) is 14.2 Å². The number of esters is 3. The van der Waals surface area contributed by atoms with Crippen molar-refractivity contribution in [1.29, 1.82) is 0 Å². The first-order chi connectivity index (χ1) is 37.0. The summed E-state index contributed by atoms with van der Waals surface area (Å²) in [6.07, 6.45) is 82.4. The van der Waals surface area contributed by atoms with Gasteiger partial charge in [0.05, 0.1) is 0 Å². The third-order valence-corrected chi connectivity index (χ3v) is 14.2. The molecular formula is C69H122O6. The van der Waals surface area contributed by atoms with Crippen LogP contribution < -0.4 is 0 Å². The fourth-order valence-electron chi connectivity index (χ4n) is 9.41. The molecule has 0 aromatic heterocycles. The van der Waals surface area contributed by atoms with Gasteiger partial charge in [-0.25, -0.2) is 0 Å². The number of carbonyl (C=O) groups excluding carboxylic acids is 3. The Labute approximate surface area is 465 Å². The Morgan fingerprint density at radius 3 is 0.787 bits per heavy atom. The second-order valence-electron chi connectivity index (χ2n) is 21.7. The molecule has 6 nitrogen and oxygen atoms in total. The Balaban J connectivity index is 4.23. The third-order valence-electron chi connectivity index (χ3n) is 14.2. The zero-order valence-electron chi connectivity index (χ0n) is 49.8. The zero-order chi connectivity index (χ0) is 54.3. The average molecular weight is 1050 g/mol. The third kappa shape index (κ3) is 61.6. The van der Waals surface area contributed by atoms with Crippen LogP contribution in [0.4, 0.5) is 0 Å². The van der Waals surface area contributed by atoms with E-state index in [0.717, 1.165) is 77.0 Å². The summed E-state index contributed by atoms with van der Waals surface area (Å²) < 4.78 is 16.8. The van der Waals surface area contributed by atoms with Crippen molar-refractivity contribution in [2.45, 2.75) is 335 Å². The fraction of sp³-hybridized carbons (Fsp3) is 0.783. The maximum atomic E-state index is 12.8. The molecule has 0 spiro atoms. The molecule has 0 aromatic carbocycles. The van der Waals surface area contributed by atoms with Gasteiger partial charge in [0.15, 0.2) is 6.10 Å². The van der Waals surface area contributed by atoms with E-state index in [-0.39, 0.29) is 37.5 Å². The van der Waals surface area contributed by atoms with E-state index in [1.165, 1.54) is 205 Å². The minimum atomic E-state index is -0.813. The van der Waals surface area contributed by atoms with E-state index in [0.29, 0.717) is 19.3 Å². The van der Waals surface area contributed by atoms with Crippen molar-refractivity contribution in [2.24, 2.45) is 0 Å². The summed E-state index contributed by atoms with van der Waals surface area (Å²) in [7, 11) is 0. The van der Waals surface area contributed by atoms with Crippen LogP contribution in [0.2, 0.25) is 0 Å². The molecule has 1 atom stereocenters. The van der Waals surface area contributed by atoms with Gasteiger partial charge in [0.1, 0.15) is 13.2 Å². The molecule has 0 saturated carbocycles. The van der Waals surface area contributed by atoms with Crippen molar-refractivity contribution >= 4 is 17.9 Å². The second kappa shape index (κ2) is 63.4. The zero-order valence-corrected chi connectivity index (χ0v) is 49.8. The van der Waals surface area contributed by atoms with Gasteiger partial charge in [-0.2, -0.15) is 0 Å². The molecule has 6 heteroatoms. The summed E-state index contributed by atoms with van der Waals surface area (Å²) in [5, 5.41) is 0. The molecule has 0 amide bonds. The highest BCUT2D eigenvalue weighted by atomic mass is 16.6. The van der Waals surface area contributed by atoms with Gasteiger partial charge in [0.25, 0.3) is 0 Å². The summed E-state index contributed by atoms with van der Waals surface area (Å²) in [4.78, 5) is 38.1. The van der Waals surface area contributed by atoms with Gasteiger partial charge in [-0.05, 0) is 57.8 Å². The maximum Gasteiger partial charge on any atom is 0.306 e. The first-order valence-corrected chi connectivity index (χ1v) is 32.4. The summed E-state index contributed by atoms with van der Waals surface area (Å²) in [5.41, 5.74) is 0. The molecule has 0 rings (SSSR count). The SMILES string of the molecule is CC/C=C\C/C=C\C/C=C\C/C=C\C/C=C\C/C=C\CCC(=O)OC(COC(=O)CCCCCCCCCCCC)COC(=O)CCCCCCCCCCCCCCCCCCCCCCCCCCCCCC. The molecule has 0 aromatic rings. The predicted octanol–water partition coefficient (Wildman–Crippen LogP) is 22.1. The van der Waals surface area contributed by atoms with Crippen molar-refractivity contribution < 1.29 is 28.6 Å². The van der Waals surface area contributed by atoms with Crippen LogP contribution >= 0.6 is 0 Å². The van der Waals surface area contributed by atoms with Gasteiger partial charge in [-0.15, -0.1) is 0 Å². The lowest BCUT2D eigenvalue weighted by Crippen LogP contribution is -2.30. The predicted molar refractivity (Wildman–Crippen MR) is 325 cm³/mol. The summed E-state index contributed by atoms with van der Waals surface area (Å²) in [6.45, 7) is 6.49. The van der Waals surface area contributed by atoms with Crippen LogP contribution in [-0.4, -0.2) is 37.2 Å². The Morgan fingerprint density at radius 2 is 0.520 bits per heavy atom. The number of carbonyl (C=O) groups is 3. The molecule has 75 heavy (non-hydrogen) atoms. The highest BCUT2D eigenvalue weighted by Gasteiger charge is 2.19. The molecular weight excluding hydrogens is 925 g/mol. The lowest BCUT2D eigenvalue weighted by molar-refractivity contribution is -0.166. The minimum Gasteiger partial charge on any atom is -0.462 e. The van der Waals surface area contributed by atoms with Crippen molar-refractivity contribution in [2.75, 3.05) is 13.2 Å². The minimum absolute atomic E-state index is 0.102. The molecule has 0 aliphatic heterocycles. The van der Waals surface area contributed by atoms with Crippen LogP contribution in [0.15, 0.2) is 72.9 Å². The fourth-order valence-corrected chi connectivity index (χ4v) is 9.41.